The molecule has 0 radical (unpaired) electrons. The van der Waals surface area contributed by atoms with Gasteiger partial charge in [0.2, 0.25) is 11.8 Å². The van der Waals surface area contributed by atoms with Crippen LogP contribution in [-0.2, 0) is 11.2 Å². The van der Waals surface area contributed by atoms with Crippen molar-refractivity contribution in [2.24, 2.45) is 5.92 Å². The van der Waals surface area contributed by atoms with E-state index in [9.17, 15) is 19.8 Å². The Morgan fingerprint density at radius 1 is 1.34 bits per heavy atom. The molecule has 32 heavy (non-hydrogen) atoms. The monoisotopic (exact) mass is 443 g/mol. The number of nitrogens with zero attached hydrogens (tertiary/aromatic N) is 3. The van der Waals surface area contributed by atoms with E-state index in [1.807, 2.05) is 13.0 Å². The minimum absolute atomic E-state index is 0.0382. The molecule has 4 rings (SSSR count). The van der Waals surface area contributed by atoms with E-state index in [1.54, 1.807) is 25.3 Å². The van der Waals surface area contributed by atoms with Crippen molar-refractivity contribution in [2.75, 3.05) is 19.0 Å². The van der Waals surface area contributed by atoms with Gasteiger partial charge in [-0.25, -0.2) is 9.78 Å². The highest BCUT2D eigenvalue weighted by atomic mass is 16.5. The van der Waals surface area contributed by atoms with Crippen LogP contribution in [0.3, 0.4) is 0 Å². The molecule has 4 N–H and O–H groups in total. The van der Waals surface area contributed by atoms with Crippen LogP contribution < -0.4 is 10.1 Å². The first-order chi connectivity index (χ1) is 15.1. The van der Waals surface area contributed by atoms with E-state index in [-0.39, 0.29) is 30.7 Å². The third-order valence-corrected chi connectivity index (χ3v) is 7.25. The zero-order chi connectivity index (χ0) is 23.1. The first-order valence-electron chi connectivity index (χ1n) is 10.7. The van der Waals surface area contributed by atoms with Gasteiger partial charge in [0.25, 0.3) is 0 Å². The fourth-order valence-electron chi connectivity index (χ4n) is 5.15. The minimum atomic E-state index is -1.05. The van der Waals surface area contributed by atoms with Crippen LogP contribution in [-0.4, -0.2) is 67.1 Å². The van der Waals surface area contributed by atoms with E-state index < -0.39 is 17.2 Å². The number of carboxylic acid groups (broad SMARTS) is 1. The summed E-state index contributed by atoms with van der Waals surface area (Å²) in [5.41, 5.74) is -0.189. The fourth-order valence-corrected chi connectivity index (χ4v) is 5.15. The number of likely N-dealkylation sites (tertiary alicyclic amines) is 1. The summed E-state index contributed by atoms with van der Waals surface area (Å²) >= 11 is 0. The molecular weight excluding hydrogens is 414 g/mol. The molecule has 0 spiro atoms. The summed E-state index contributed by atoms with van der Waals surface area (Å²) in [6.07, 6.45) is 3.18. The Bertz CT molecular complexity index is 1000. The van der Waals surface area contributed by atoms with Crippen LogP contribution in [0.25, 0.3) is 0 Å². The van der Waals surface area contributed by atoms with Crippen molar-refractivity contribution in [3.8, 4) is 5.88 Å². The zero-order valence-corrected chi connectivity index (χ0v) is 18.5. The van der Waals surface area contributed by atoms with E-state index in [0.29, 0.717) is 11.7 Å². The van der Waals surface area contributed by atoms with E-state index in [4.69, 9.17) is 4.74 Å². The second kappa shape index (κ2) is 8.09. The lowest BCUT2D eigenvalue weighted by Gasteiger charge is -2.62. The molecule has 1 saturated carbocycles. The van der Waals surface area contributed by atoms with Gasteiger partial charge in [-0.1, -0.05) is 6.07 Å². The van der Waals surface area contributed by atoms with Gasteiger partial charge in [-0.05, 0) is 44.6 Å². The number of rotatable bonds is 6. The molecule has 172 valence electrons. The van der Waals surface area contributed by atoms with Crippen molar-refractivity contribution in [2.45, 2.75) is 56.6 Å². The number of nitrogens with one attached hydrogen (secondary N) is 2. The number of hydrogen-bond donors (Lipinski definition) is 4. The van der Waals surface area contributed by atoms with Crippen molar-refractivity contribution in [1.82, 2.24) is 20.1 Å². The van der Waals surface area contributed by atoms with Gasteiger partial charge >= 0.3 is 6.09 Å². The van der Waals surface area contributed by atoms with Gasteiger partial charge in [-0.3, -0.25) is 14.8 Å². The molecule has 1 aliphatic carbocycles. The highest BCUT2D eigenvalue weighted by Gasteiger charge is 2.64. The Balaban J connectivity index is 1.37. The van der Waals surface area contributed by atoms with Crippen molar-refractivity contribution in [3.63, 3.8) is 0 Å². The maximum Gasteiger partial charge on any atom is 0.407 e. The van der Waals surface area contributed by atoms with Crippen LogP contribution in [0.15, 0.2) is 24.4 Å². The van der Waals surface area contributed by atoms with Gasteiger partial charge in [0.1, 0.15) is 5.60 Å². The number of pyridine rings is 1. The summed E-state index contributed by atoms with van der Waals surface area (Å²) in [4.78, 5) is 29.4. The summed E-state index contributed by atoms with van der Waals surface area (Å²) in [6, 6.07) is 5.32. The van der Waals surface area contributed by atoms with Crippen LogP contribution in [0.4, 0.5) is 10.6 Å². The first kappa shape index (κ1) is 22.1. The van der Waals surface area contributed by atoms with Crippen LogP contribution in [0.5, 0.6) is 5.88 Å². The molecule has 0 bridgehead atoms. The number of anilines is 1. The van der Waals surface area contributed by atoms with Gasteiger partial charge in [0.05, 0.1) is 25.6 Å². The number of carbonyl (C=O) groups is 2. The van der Waals surface area contributed by atoms with Crippen LogP contribution in [0.2, 0.25) is 0 Å². The third kappa shape index (κ3) is 3.79. The van der Waals surface area contributed by atoms with E-state index in [0.717, 1.165) is 30.5 Å². The highest BCUT2D eigenvalue weighted by molar-refractivity contribution is 5.91. The molecule has 1 aliphatic heterocycles. The van der Waals surface area contributed by atoms with Gasteiger partial charge in [-0.2, -0.15) is 5.10 Å². The van der Waals surface area contributed by atoms with Crippen molar-refractivity contribution >= 4 is 17.8 Å². The predicted molar refractivity (Wildman–Crippen MR) is 116 cm³/mol. The molecule has 3 heterocycles. The molecule has 1 saturated heterocycles. The predicted octanol–water partition coefficient (Wildman–Crippen LogP) is 2.38. The molecule has 2 aliphatic rings. The summed E-state index contributed by atoms with van der Waals surface area (Å²) in [5.74, 6) is 0.937. The summed E-state index contributed by atoms with van der Waals surface area (Å²) in [7, 11) is 1.54. The average molecular weight is 444 g/mol. The number of β-amino-alcohol motifs (C(OH)–C–C–N with tert-alkyl or cyclic N) is 1. The smallest absolute Gasteiger partial charge is 0.407 e. The minimum Gasteiger partial charge on any atom is -0.481 e. The first-order valence-corrected chi connectivity index (χ1v) is 10.7. The molecule has 0 aromatic carbocycles. The Kier molecular flexibility index (Phi) is 5.58. The number of aromatic amines is 1. The number of amides is 2. The van der Waals surface area contributed by atoms with Crippen LogP contribution >= 0.6 is 0 Å². The quantitative estimate of drug-likeness (QED) is 0.537. The number of ether oxygens (including phenoxy) is 1. The second-order valence-electron chi connectivity index (χ2n) is 9.14. The number of aliphatic hydroxyl groups is 1. The fraction of sp³-hybridized carbons (Fsp3) is 0.545. The standard InChI is InChI=1S/C22H29N5O5/c1-21(31)12-27(20(29)30)22(21,2)15-6-5-14(9-15)16-10-17(26-25-16)24-18(28)8-13-4-7-19(32-3)23-11-13/h4,7,10-11,14-15,31H,5-6,8-9,12H2,1-3H3,(H,29,30)(H2,24,25,26,28)/t14-,15+,21-,22+/m1/s1. The molecular formula is C22H29N5O5. The van der Waals surface area contributed by atoms with E-state index >= 15 is 0 Å². The normalized spacial score (nSPS) is 29.4. The highest BCUT2D eigenvalue weighted by Crippen LogP contribution is 2.53. The molecule has 2 aromatic rings. The Morgan fingerprint density at radius 3 is 2.75 bits per heavy atom. The molecule has 10 nitrogen and oxygen atoms in total. The Hall–Kier alpha value is -3.14. The lowest BCUT2D eigenvalue weighted by atomic mass is 9.64. The van der Waals surface area contributed by atoms with Crippen molar-refractivity contribution in [1.29, 1.82) is 0 Å². The Labute approximate surface area is 186 Å². The average Bonchev–Trinajstić information content (AvgIpc) is 3.41. The lowest BCUT2D eigenvalue weighted by Crippen LogP contribution is -2.79. The SMILES string of the molecule is COc1ccc(CC(=O)Nc2cc([C@@H]3CC[C@H]([C@]4(C)N(C(=O)O)C[C@@]4(C)O)C3)[nH]n2)cn1. The number of hydrogen-bond acceptors (Lipinski definition) is 6. The third-order valence-electron chi connectivity index (χ3n) is 7.25. The molecule has 4 atom stereocenters. The number of aromatic nitrogens is 3. The summed E-state index contributed by atoms with van der Waals surface area (Å²) in [5, 5.41) is 30.3. The van der Waals surface area contributed by atoms with Gasteiger partial charge in [0.15, 0.2) is 5.82 Å². The number of methoxy groups -OCH3 is 1. The van der Waals surface area contributed by atoms with Crippen LogP contribution in [0.1, 0.15) is 50.3 Å². The maximum atomic E-state index is 12.4. The molecule has 2 aromatic heterocycles. The molecule has 0 unspecified atom stereocenters. The van der Waals surface area contributed by atoms with Gasteiger partial charge in [-0.15, -0.1) is 0 Å². The number of carbonyl (C=O) groups excluding carboxylic acids is 1. The summed E-state index contributed by atoms with van der Waals surface area (Å²) < 4.78 is 5.02. The lowest BCUT2D eigenvalue weighted by molar-refractivity contribution is -0.204. The Morgan fingerprint density at radius 2 is 2.12 bits per heavy atom. The van der Waals surface area contributed by atoms with Crippen molar-refractivity contribution < 1.29 is 24.5 Å². The van der Waals surface area contributed by atoms with Gasteiger partial charge in [0, 0.05) is 29.9 Å². The zero-order valence-electron chi connectivity index (χ0n) is 18.5. The molecule has 2 amide bonds. The summed E-state index contributed by atoms with van der Waals surface area (Å²) in [6.45, 7) is 3.68. The van der Waals surface area contributed by atoms with Gasteiger partial charge < -0.3 is 20.3 Å². The largest absolute Gasteiger partial charge is 0.481 e. The van der Waals surface area contributed by atoms with Crippen LogP contribution in [0, 0.1) is 5.92 Å². The second-order valence-corrected chi connectivity index (χ2v) is 9.14. The topological polar surface area (TPSA) is 141 Å². The van der Waals surface area contributed by atoms with E-state index in [1.165, 1.54) is 12.0 Å². The molecule has 10 heteroatoms. The maximum absolute atomic E-state index is 12.4. The number of H-pyrrole nitrogens is 1. The molecule has 2 fully saturated rings. The van der Waals surface area contributed by atoms with Crippen molar-refractivity contribution in [3.05, 3.63) is 35.7 Å². The van der Waals surface area contributed by atoms with E-state index in [2.05, 4.69) is 20.5 Å².